The molecule has 5 heteroatoms. The Labute approximate surface area is 145 Å². The van der Waals surface area contributed by atoms with Crippen molar-refractivity contribution in [2.45, 2.75) is 6.54 Å². The molecular formula is C20H16N4O. The van der Waals surface area contributed by atoms with E-state index in [0.717, 1.165) is 22.3 Å². The van der Waals surface area contributed by atoms with Gasteiger partial charge in [-0.2, -0.15) is 0 Å². The molecule has 4 aromatic rings. The summed E-state index contributed by atoms with van der Waals surface area (Å²) in [6.45, 7) is 0.426. The van der Waals surface area contributed by atoms with E-state index in [9.17, 15) is 4.79 Å². The summed E-state index contributed by atoms with van der Waals surface area (Å²) in [5.74, 6) is -0.200. The number of amides is 1. The van der Waals surface area contributed by atoms with E-state index < -0.39 is 0 Å². The molecule has 1 N–H and O–H groups in total. The molecule has 0 saturated carbocycles. The Morgan fingerprint density at radius 1 is 0.960 bits per heavy atom. The third kappa shape index (κ3) is 3.26. The fraction of sp³-hybridized carbons (Fsp3) is 0.0500. The van der Waals surface area contributed by atoms with Gasteiger partial charge < -0.3 is 9.72 Å². The fourth-order valence-electron chi connectivity index (χ4n) is 2.68. The number of nitrogens with one attached hydrogen (secondary N) is 1. The summed E-state index contributed by atoms with van der Waals surface area (Å²) >= 11 is 0. The number of hydrogen-bond acceptors (Lipinski definition) is 3. The van der Waals surface area contributed by atoms with E-state index >= 15 is 0 Å². The summed E-state index contributed by atoms with van der Waals surface area (Å²) in [4.78, 5) is 20.8. The zero-order valence-corrected chi connectivity index (χ0v) is 13.5. The van der Waals surface area contributed by atoms with Gasteiger partial charge in [-0.05, 0) is 34.9 Å². The van der Waals surface area contributed by atoms with Crippen molar-refractivity contribution in [2.75, 3.05) is 0 Å². The van der Waals surface area contributed by atoms with Gasteiger partial charge >= 0.3 is 0 Å². The van der Waals surface area contributed by atoms with Gasteiger partial charge in [0.05, 0.1) is 0 Å². The van der Waals surface area contributed by atoms with E-state index in [0.29, 0.717) is 12.2 Å². The van der Waals surface area contributed by atoms with Gasteiger partial charge in [0.1, 0.15) is 11.3 Å². The third-order valence-corrected chi connectivity index (χ3v) is 3.97. The van der Waals surface area contributed by atoms with Crippen molar-refractivity contribution in [1.82, 2.24) is 19.7 Å². The topological polar surface area (TPSA) is 59.3 Å². The van der Waals surface area contributed by atoms with Crippen molar-refractivity contribution >= 4 is 11.6 Å². The van der Waals surface area contributed by atoms with Gasteiger partial charge in [-0.15, -0.1) is 0 Å². The quantitative estimate of drug-likeness (QED) is 0.625. The SMILES string of the molecule is O=C(NCc1cccnc1)c1cn2cc(-c3ccccc3)ccc2n1. The van der Waals surface area contributed by atoms with Crippen LogP contribution in [-0.4, -0.2) is 20.3 Å². The minimum Gasteiger partial charge on any atom is -0.347 e. The van der Waals surface area contributed by atoms with Crippen molar-refractivity contribution in [3.63, 3.8) is 0 Å². The number of benzene rings is 1. The smallest absolute Gasteiger partial charge is 0.271 e. The molecule has 0 aliphatic heterocycles. The molecule has 0 aliphatic carbocycles. The Balaban J connectivity index is 1.55. The van der Waals surface area contributed by atoms with Crippen LogP contribution in [-0.2, 0) is 6.54 Å². The molecule has 0 radical (unpaired) electrons. The maximum atomic E-state index is 12.3. The highest BCUT2D eigenvalue weighted by molar-refractivity contribution is 5.92. The predicted octanol–water partition coefficient (Wildman–Crippen LogP) is 3.33. The Kier molecular flexibility index (Phi) is 3.96. The maximum absolute atomic E-state index is 12.3. The molecule has 3 heterocycles. The first kappa shape index (κ1) is 15.1. The molecular weight excluding hydrogens is 312 g/mol. The molecule has 1 aromatic carbocycles. The monoisotopic (exact) mass is 328 g/mol. The van der Waals surface area contributed by atoms with Gasteiger partial charge in [0, 0.05) is 31.3 Å². The lowest BCUT2D eigenvalue weighted by molar-refractivity contribution is 0.0946. The molecule has 0 unspecified atom stereocenters. The molecule has 0 spiro atoms. The molecule has 3 aromatic heterocycles. The van der Waals surface area contributed by atoms with E-state index in [1.807, 2.05) is 53.1 Å². The molecule has 5 nitrogen and oxygen atoms in total. The molecule has 0 fully saturated rings. The Hall–Kier alpha value is -3.47. The lowest BCUT2D eigenvalue weighted by atomic mass is 10.1. The second-order valence-corrected chi connectivity index (χ2v) is 5.72. The zero-order valence-electron chi connectivity index (χ0n) is 13.5. The first-order chi connectivity index (χ1) is 12.3. The standard InChI is InChI=1S/C20H16N4O/c25-20(22-12-15-5-4-10-21-11-15)18-14-24-13-17(8-9-19(24)23-18)16-6-2-1-3-7-16/h1-11,13-14H,12H2,(H,22,25). The molecule has 1 amide bonds. The van der Waals surface area contributed by atoms with Crippen LogP contribution in [0.4, 0.5) is 0 Å². The summed E-state index contributed by atoms with van der Waals surface area (Å²) in [5, 5.41) is 2.87. The first-order valence-corrected chi connectivity index (χ1v) is 8.01. The van der Waals surface area contributed by atoms with Crippen LogP contribution in [0.5, 0.6) is 0 Å². The summed E-state index contributed by atoms with van der Waals surface area (Å²) in [5.41, 5.74) is 4.29. The number of fused-ring (bicyclic) bond motifs is 1. The highest BCUT2D eigenvalue weighted by Crippen LogP contribution is 2.19. The van der Waals surface area contributed by atoms with Gasteiger partial charge in [-0.25, -0.2) is 4.98 Å². The Morgan fingerprint density at radius 2 is 1.84 bits per heavy atom. The third-order valence-electron chi connectivity index (χ3n) is 3.97. The molecule has 4 rings (SSSR count). The lowest BCUT2D eigenvalue weighted by Gasteiger charge is -2.02. The number of imidazole rings is 1. The minimum absolute atomic E-state index is 0.200. The number of pyridine rings is 2. The number of rotatable bonds is 4. The summed E-state index contributed by atoms with van der Waals surface area (Å²) in [6, 6.07) is 17.8. The van der Waals surface area contributed by atoms with Crippen molar-refractivity contribution in [1.29, 1.82) is 0 Å². The van der Waals surface area contributed by atoms with Gasteiger partial charge in [0.2, 0.25) is 0 Å². The molecule has 25 heavy (non-hydrogen) atoms. The average Bonchev–Trinajstić information content (AvgIpc) is 3.11. The fourth-order valence-corrected chi connectivity index (χ4v) is 2.68. The van der Waals surface area contributed by atoms with E-state index in [2.05, 4.69) is 27.4 Å². The van der Waals surface area contributed by atoms with Crippen LogP contribution in [0.1, 0.15) is 16.1 Å². The van der Waals surface area contributed by atoms with E-state index in [-0.39, 0.29) is 5.91 Å². The second-order valence-electron chi connectivity index (χ2n) is 5.72. The minimum atomic E-state index is -0.200. The van der Waals surface area contributed by atoms with Crippen LogP contribution in [0.15, 0.2) is 79.4 Å². The van der Waals surface area contributed by atoms with E-state index in [4.69, 9.17) is 0 Å². The number of aromatic nitrogens is 3. The van der Waals surface area contributed by atoms with Crippen LogP contribution in [0.3, 0.4) is 0 Å². The first-order valence-electron chi connectivity index (χ1n) is 8.01. The van der Waals surface area contributed by atoms with Crippen LogP contribution >= 0.6 is 0 Å². The van der Waals surface area contributed by atoms with E-state index in [1.54, 1.807) is 18.6 Å². The summed E-state index contributed by atoms with van der Waals surface area (Å²) < 4.78 is 1.88. The number of carbonyl (C=O) groups excluding carboxylic acids is 1. The number of nitrogens with zero attached hydrogens (tertiary/aromatic N) is 3. The van der Waals surface area contributed by atoms with Crippen LogP contribution in [0.2, 0.25) is 0 Å². The van der Waals surface area contributed by atoms with Crippen molar-refractivity contribution in [2.24, 2.45) is 0 Å². The summed E-state index contributed by atoms with van der Waals surface area (Å²) in [7, 11) is 0. The van der Waals surface area contributed by atoms with Crippen molar-refractivity contribution in [3.05, 3.63) is 90.6 Å². The van der Waals surface area contributed by atoms with E-state index in [1.165, 1.54) is 0 Å². The largest absolute Gasteiger partial charge is 0.347 e. The van der Waals surface area contributed by atoms with Gasteiger partial charge in [0.15, 0.2) is 0 Å². The molecule has 0 atom stereocenters. The normalized spacial score (nSPS) is 10.7. The summed E-state index contributed by atoms with van der Waals surface area (Å²) in [6.07, 6.45) is 7.17. The number of hydrogen-bond donors (Lipinski definition) is 1. The van der Waals surface area contributed by atoms with Crippen LogP contribution < -0.4 is 5.32 Å². The zero-order chi connectivity index (χ0) is 17.1. The molecule has 122 valence electrons. The Morgan fingerprint density at radius 3 is 2.64 bits per heavy atom. The van der Waals surface area contributed by atoms with Gasteiger partial charge in [0.25, 0.3) is 5.91 Å². The number of carbonyl (C=O) groups is 1. The van der Waals surface area contributed by atoms with Crippen molar-refractivity contribution in [3.8, 4) is 11.1 Å². The predicted molar refractivity (Wildman–Crippen MR) is 96.0 cm³/mol. The molecule has 0 aliphatic rings. The molecule has 0 bridgehead atoms. The Bertz CT molecular complexity index is 1010. The maximum Gasteiger partial charge on any atom is 0.271 e. The average molecular weight is 328 g/mol. The highest BCUT2D eigenvalue weighted by atomic mass is 16.1. The van der Waals surface area contributed by atoms with Gasteiger partial charge in [-0.1, -0.05) is 36.4 Å². The van der Waals surface area contributed by atoms with Crippen LogP contribution in [0, 0.1) is 0 Å². The van der Waals surface area contributed by atoms with Crippen molar-refractivity contribution < 1.29 is 4.79 Å². The second kappa shape index (κ2) is 6.57. The lowest BCUT2D eigenvalue weighted by Crippen LogP contribution is -2.23. The molecule has 0 saturated heterocycles. The highest BCUT2D eigenvalue weighted by Gasteiger charge is 2.11. The van der Waals surface area contributed by atoms with Gasteiger partial charge in [-0.3, -0.25) is 9.78 Å². The van der Waals surface area contributed by atoms with Crippen LogP contribution in [0.25, 0.3) is 16.8 Å².